The topological polar surface area (TPSA) is 85.6 Å². The molecule has 2 atom stereocenters. The second kappa shape index (κ2) is 10.9. The van der Waals surface area contributed by atoms with Gasteiger partial charge in [-0.3, -0.25) is 9.69 Å². The molecule has 1 aromatic carbocycles. The molecule has 2 fully saturated rings. The second-order valence-electron chi connectivity index (χ2n) is 8.59. The molecule has 8 nitrogen and oxygen atoms in total. The van der Waals surface area contributed by atoms with E-state index in [-0.39, 0.29) is 17.9 Å². The van der Waals surface area contributed by atoms with Gasteiger partial charge in [-0.15, -0.1) is 10.2 Å². The third kappa shape index (κ3) is 5.61. The smallest absolute Gasteiger partial charge is 0.227 e. The lowest BCUT2D eigenvalue weighted by atomic mass is 9.98. The first kappa shape index (κ1) is 23.4. The van der Waals surface area contributed by atoms with Crippen LogP contribution in [0.5, 0.6) is 0 Å². The zero-order valence-electron chi connectivity index (χ0n) is 18.9. The van der Waals surface area contributed by atoms with Crippen molar-refractivity contribution >= 4 is 23.3 Å². The summed E-state index contributed by atoms with van der Waals surface area (Å²) in [5.74, 6) is 0.875. The van der Waals surface area contributed by atoms with Crippen LogP contribution >= 0.6 is 11.6 Å². The number of halogens is 1. The summed E-state index contributed by atoms with van der Waals surface area (Å²) in [6, 6.07) is 13.7. The highest BCUT2D eigenvalue weighted by atomic mass is 35.5. The molecule has 0 radical (unpaired) electrons. The van der Waals surface area contributed by atoms with E-state index in [0.717, 1.165) is 43.9 Å². The summed E-state index contributed by atoms with van der Waals surface area (Å²) in [7, 11) is 1.71. The molecule has 3 heterocycles. The third-order valence-electron chi connectivity index (χ3n) is 6.49. The molecular weight excluding hydrogens is 440 g/mol. The number of rotatable bonds is 5. The summed E-state index contributed by atoms with van der Waals surface area (Å²) in [6.45, 7) is 4.11. The third-order valence-corrected chi connectivity index (χ3v) is 6.74. The summed E-state index contributed by atoms with van der Waals surface area (Å²) >= 11 is 6.08. The number of methoxy groups -OCH3 is 1. The summed E-state index contributed by atoms with van der Waals surface area (Å²) in [5.41, 5.74) is 1.52. The minimum Gasteiger partial charge on any atom is -0.369 e. The van der Waals surface area contributed by atoms with Crippen LogP contribution in [0.4, 0.5) is 5.82 Å². The van der Waals surface area contributed by atoms with Gasteiger partial charge in [0.2, 0.25) is 5.91 Å². The Bertz CT molecular complexity index is 978. The average molecular weight is 469 g/mol. The van der Waals surface area contributed by atoms with Gasteiger partial charge in [-0.05, 0) is 49.1 Å². The van der Waals surface area contributed by atoms with Gasteiger partial charge in [0.25, 0.3) is 0 Å². The lowest BCUT2D eigenvalue weighted by molar-refractivity contribution is -0.136. The number of hydrogen-bond acceptors (Lipinski definition) is 7. The number of aromatic nitrogens is 2. The van der Waals surface area contributed by atoms with Gasteiger partial charge in [0.1, 0.15) is 6.07 Å². The van der Waals surface area contributed by atoms with Crippen molar-refractivity contribution in [1.82, 2.24) is 20.0 Å². The van der Waals surface area contributed by atoms with E-state index in [1.807, 2.05) is 23.1 Å². The van der Waals surface area contributed by atoms with Crippen LogP contribution in [0.25, 0.3) is 0 Å². The monoisotopic (exact) mass is 468 g/mol. The zero-order chi connectivity index (χ0) is 23.2. The summed E-state index contributed by atoms with van der Waals surface area (Å²) in [5, 5.41) is 17.7. The summed E-state index contributed by atoms with van der Waals surface area (Å²) in [4.78, 5) is 19.7. The fraction of sp³-hybridized carbons (Fsp3) is 0.500. The Morgan fingerprint density at radius 2 is 1.94 bits per heavy atom. The number of amides is 1. The van der Waals surface area contributed by atoms with Crippen molar-refractivity contribution in [2.24, 2.45) is 5.92 Å². The van der Waals surface area contributed by atoms with Crippen molar-refractivity contribution in [3.8, 4) is 6.07 Å². The lowest BCUT2D eigenvalue weighted by Gasteiger charge is -2.37. The van der Waals surface area contributed by atoms with E-state index in [2.05, 4.69) is 32.1 Å². The van der Waals surface area contributed by atoms with Gasteiger partial charge in [0.05, 0.1) is 12.6 Å². The zero-order valence-corrected chi connectivity index (χ0v) is 19.6. The Labute approximate surface area is 199 Å². The quantitative estimate of drug-likeness (QED) is 0.666. The minimum absolute atomic E-state index is 0.0511. The van der Waals surface area contributed by atoms with Crippen LogP contribution in [0.3, 0.4) is 0 Å². The molecule has 33 heavy (non-hydrogen) atoms. The highest BCUT2D eigenvalue weighted by Gasteiger charge is 2.33. The molecule has 2 aliphatic heterocycles. The molecule has 2 aliphatic rings. The largest absolute Gasteiger partial charge is 0.369 e. The van der Waals surface area contributed by atoms with Crippen LogP contribution in [0, 0.1) is 17.2 Å². The van der Waals surface area contributed by atoms with Crippen molar-refractivity contribution in [3.05, 3.63) is 52.7 Å². The lowest BCUT2D eigenvalue weighted by Crippen LogP contribution is -2.46. The Morgan fingerprint density at radius 1 is 1.12 bits per heavy atom. The number of nitriles is 1. The number of benzene rings is 1. The SMILES string of the molecule is COCN1CCN(C(=O)C2CCN(c3ccc(C#N)nn3)C2)CCCC1c1ccc(Cl)cc1. The summed E-state index contributed by atoms with van der Waals surface area (Å²) < 4.78 is 5.48. The molecule has 2 saturated heterocycles. The molecule has 4 rings (SSSR count). The first-order chi connectivity index (χ1) is 16.1. The van der Waals surface area contributed by atoms with Crippen molar-refractivity contribution in [3.63, 3.8) is 0 Å². The number of carbonyl (C=O) groups excluding carboxylic acids is 1. The van der Waals surface area contributed by atoms with Crippen molar-refractivity contribution in [2.45, 2.75) is 25.3 Å². The van der Waals surface area contributed by atoms with E-state index < -0.39 is 0 Å². The van der Waals surface area contributed by atoms with Crippen LogP contribution in [0.1, 0.15) is 36.6 Å². The van der Waals surface area contributed by atoms with Gasteiger partial charge in [-0.25, -0.2) is 0 Å². The molecule has 1 aromatic heterocycles. The fourth-order valence-electron chi connectivity index (χ4n) is 4.76. The van der Waals surface area contributed by atoms with Gasteiger partial charge < -0.3 is 14.5 Å². The molecule has 9 heteroatoms. The van der Waals surface area contributed by atoms with Crippen LogP contribution < -0.4 is 4.90 Å². The highest BCUT2D eigenvalue weighted by molar-refractivity contribution is 6.30. The van der Waals surface area contributed by atoms with Crippen LogP contribution in [0.2, 0.25) is 5.02 Å². The van der Waals surface area contributed by atoms with Crippen LogP contribution in [0.15, 0.2) is 36.4 Å². The maximum absolute atomic E-state index is 13.4. The maximum atomic E-state index is 13.4. The minimum atomic E-state index is -0.0511. The normalized spacial score (nSPS) is 22.0. The molecule has 0 bridgehead atoms. The van der Waals surface area contributed by atoms with Gasteiger partial charge in [0.15, 0.2) is 11.5 Å². The molecule has 2 aromatic rings. The predicted molar refractivity (Wildman–Crippen MR) is 126 cm³/mol. The van der Waals surface area contributed by atoms with E-state index in [0.29, 0.717) is 31.3 Å². The van der Waals surface area contributed by atoms with Crippen LogP contribution in [-0.2, 0) is 9.53 Å². The Balaban J connectivity index is 1.38. The van der Waals surface area contributed by atoms with Crippen molar-refractivity contribution < 1.29 is 9.53 Å². The summed E-state index contributed by atoms with van der Waals surface area (Å²) in [6.07, 6.45) is 2.68. The highest BCUT2D eigenvalue weighted by Crippen LogP contribution is 2.29. The van der Waals surface area contributed by atoms with E-state index in [1.54, 1.807) is 19.2 Å². The number of hydrogen-bond donors (Lipinski definition) is 0. The Morgan fingerprint density at radius 3 is 2.64 bits per heavy atom. The number of nitrogens with zero attached hydrogens (tertiary/aromatic N) is 6. The molecule has 0 aliphatic carbocycles. The molecular formula is C24H29ClN6O2. The Hall–Kier alpha value is -2.73. The standard InChI is InChI=1S/C24H29ClN6O2/c1-33-17-31-14-13-29(11-2-3-22(31)18-4-6-20(25)7-5-18)24(32)19-10-12-30(16-19)23-9-8-21(15-26)27-28-23/h4-9,19,22H,2-3,10-14,16-17H2,1H3. The molecule has 2 unspecified atom stereocenters. The molecule has 0 N–H and O–H groups in total. The van der Waals surface area contributed by atoms with E-state index in [4.69, 9.17) is 21.6 Å². The van der Waals surface area contributed by atoms with Crippen molar-refractivity contribution in [1.29, 1.82) is 5.26 Å². The number of ether oxygens (including phenoxy) is 1. The second-order valence-corrected chi connectivity index (χ2v) is 9.02. The molecule has 174 valence electrons. The first-order valence-electron chi connectivity index (χ1n) is 11.3. The van der Waals surface area contributed by atoms with Crippen molar-refractivity contribution in [2.75, 3.05) is 51.5 Å². The number of anilines is 1. The molecule has 1 amide bonds. The molecule has 0 spiro atoms. The van der Waals surface area contributed by atoms with E-state index in [9.17, 15) is 4.79 Å². The van der Waals surface area contributed by atoms with Gasteiger partial charge >= 0.3 is 0 Å². The van der Waals surface area contributed by atoms with Crippen LogP contribution in [-0.4, -0.2) is 72.5 Å². The predicted octanol–water partition coefficient (Wildman–Crippen LogP) is 3.10. The molecule has 0 saturated carbocycles. The number of carbonyl (C=O) groups is 1. The fourth-order valence-corrected chi connectivity index (χ4v) is 4.89. The maximum Gasteiger partial charge on any atom is 0.227 e. The van der Waals surface area contributed by atoms with Gasteiger partial charge in [0, 0.05) is 50.9 Å². The van der Waals surface area contributed by atoms with Gasteiger partial charge in [-0.2, -0.15) is 5.26 Å². The average Bonchev–Trinajstić information content (AvgIpc) is 3.32. The Kier molecular flexibility index (Phi) is 7.76. The van der Waals surface area contributed by atoms with E-state index >= 15 is 0 Å². The van der Waals surface area contributed by atoms with E-state index in [1.165, 1.54) is 5.56 Å². The van der Waals surface area contributed by atoms with Gasteiger partial charge in [-0.1, -0.05) is 23.7 Å². The first-order valence-corrected chi connectivity index (χ1v) is 11.7.